The van der Waals surface area contributed by atoms with Crippen molar-refractivity contribution in [2.45, 2.75) is 63.7 Å². The largest absolute Gasteiger partial charge is 0.374 e. The maximum Gasteiger partial charge on any atom is 0.191 e. The van der Waals surface area contributed by atoms with Crippen LogP contribution in [0.2, 0.25) is 0 Å². The molecule has 1 saturated carbocycles. The van der Waals surface area contributed by atoms with Gasteiger partial charge in [0.2, 0.25) is 0 Å². The highest BCUT2D eigenvalue weighted by atomic mass is 127. The first kappa shape index (κ1) is 22.6. The summed E-state index contributed by atoms with van der Waals surface area (Å²) in [5, 5.41) is 7.76. The molecule has 4 nitrogen and oxygen atoms in total. The van der Waals surface area contributed by atoms with E-state index in [2.05, 4.69) is 60.0 Å². The van der Waals surface area contributed by atoms with Crippen molar-refractivity contribution in [1.82, 2.24) is 10.6 Å². The van der Waals surface area contributed by atoms with Crippen LogP contribution in [-0.2, 0) is 17.9 Å². The van der Waals surface area contributed by atoms with Crippen LogP contribution >= 0.6 is 35.7 Å². The molecule has 0 aromatic heterocycles. The van der Waals surface area contributed by atoms with Gasteiger partial charge in [-0.15, -0.1) is 24.0 Å². The highest BCUT2D eigenvalue weighted by molar-refractivity contribution is 14.0. The van der Waals surface area contributed by atoms with Crippen molar-refractivity contribution in [1.29, 1.82) is 0 Å². The van der Waals surface area contributed by atoms with Gasteiger partial charge in [0.1, 0.15) is 0 Å². The van der Waals surface area contributed by atoms with Gasteiger partial charge in [0, 0.05) is 24.9 Å². The molecule has 1 aliphatic rings. The number of hydrogen-bond donors (Lipinski definition) is 2. The molecule has 25 heavy (non-hydrogen) atoms. The van der Waals surface area contributed by atoms with Gasteiger partial charge in [-0.3, -0.25) is 4.99 Å². The van der Waals surface area contributed by atoms with Gasteiger partial charge < -0.3 is 15.4 Å². The van der Waals surface area contributed by atoms with Crippen LogP contribution in [0.1, 0.15) is 44.2 Å². The molecular weight excluding hydrogens is 445 g/mol. The number of nitrogens with zero attached hydrogens (tertiary/aromatic N) is 1. The van der Waals surface area contributed by atoms with Crippen molar-refractivity contribution >= 4 is 41.7 Å². The van der Waals surface area contributed by atoms with E-state index in [1.807, 2.05) is 18.8 Å². The second-order valence-corrected chi connectivity index (χ2v) is 7.75. The summed E-state index contributed by atoms with van der Waals surface area (Å²) in [5.74, 6) is 0.897. The smallest absolute Gasteiger partial charge is 0.191 e. The third kappa shape index (κ3) is 8.17. The van der Waals surface area contributed by atoms with Crippen LogP contribution in [0.25, 0.3) is 0 Å². The van der Waals surface area contributed by atoms with Crippen LogP contribution < -0.4 is 10.6 Å². The van der Waals surface area contributed by atoms with Crippen LogP contribution in [0.15, 0.2) is 29.3 Å². The minimum Gasteiger partial charge on any atom is -0.374 e. The predicted molar refractivity (Wildman–Crippen MR) is 120 cm³/mol. The lowest BCUT2D eigenvalue weighted by Crippen LogP contribution is -2.42. The zero-order chi connectivity index (χ0) is 17.4. The minimum absolute atomic E-state index is 0. The van der Waals surface area contributed by atoms with E-state index in [0.29, 0.717) is 12.6 Å². The van der Waals surface area contributed by atoms with Gasteiger partial charge >= 0.3 is 0 Å². The maximum atomic E-state index is 5.63. The van der Waals surface area contributed by atoms with Crippen LogP contribution in [0.3, 0.4) is 0 Å². The van der Waals surface area contributed by atoms with Gasteiger partial charge in [0.25, 0.3) is 0 Å². The summed E-state index contributed by atoms with van der Waals surface area (Å²) in [6.45, 7) is 5.57. The topological polar surface area (TPSA) is 45.7 Å². The number of hydrogen-bond acceptors (Lipinski definition) is 3. The molecule has 0 aliphatic heterocycles. The first-order chi connectivity index (χ1) is 11.6. The number of nitrogens with one attached hydrogen (secondary N) is 2. The van der Waals surface area contributed by atoms with Crippen molar-refractivity contribution in [3.63, 3.8) is 0 Å². The predicted octanol–water partition coefficient (Wildman–Crippen LogP) is 4.18. The second-order valence-electron chi connectivity index (χ2n) is 6.61. The number of halogens is 1. The lowest BCUT2D eigenvalue weighted by molar-refractivity contribution is 0.0657. The van der Waals surface area contributed by atoms with Crippen LogP contribution in [0, 0.1) is 0 Å². The Morgan fingerprint density at radius 3 is 2.48 bits per heavy atom. The van der Waals surface area contributed by atoms with Crippen molar-refractivity contribution in [2.75, 3.05) is 13.3 Å². The van der Waals surface area contributed by atoms with Crippen LogP contribution in [0.5, 0.6) is 0 Å². The Kier molecular flexibility index (Phi) is 10.8. The van der Waals surface area contributed by atoms with E-state index >= 15 is 0 Å². The summed E-state index contributed by atoms with van der Waals surface area (Å²) in [6, 6.07) is 9.12. The number of aliphatic imine (C=N–C) groups is 1. The Labute approximate surface area is 174 Å². The summed E-state index contributed by atoms with van der Waals surface area (Å²) < 4.78 is 5.63. The van der Waals surface area contributed by atoms with Crippen molar-refractivity contribution in [3.8, 4) is 0 Å². The van der Waals surface area contributed by atoms with Gasteiger partial charge in [-0.25, -0.2) is 0 Å². The molecule has 2 N–H and O–H groups in total. The second kappa shape index (κ2) is 12.0. The summed E-state index contributed by atoms with van der Waals surface area (Å²) >= 11 is 1.98. The van der Waals surface area contributed by atoms with E-state index in [-0.39, 0.29) is 30.1 Å². The molecule has 2 unspecified atom stereocenters. The molecule has 1 aromatic rings. The first-order valence-corrected chi connectivity index (χ1v) is 10.1. The zero-order valence-electron chi connectivity index (χ0n) is 15.7. The minimum atomic E-state index is 0. The monoisotopic (exact) mass is 477 g/mol. The third-order valence-electron chi connectivity index (χ3n) is 4.35. The van der Waals surface area contributed by atoms with E-state index in [1.165, 1.54) is 30.4 Å². The molecule has 0 spiro atoms. The number of thioether (sulfide) groups is 1. The van der Waals surface area contributed by atoms with E-state index in [4.69, 9.17) is 4.74 Å². The fraction of sp³-hybridized carbons (Fsp3) is 0.632. The molecule has 2 atom stereocenters. The first-order valence-electron chi connectivity index (χ1n) is 8.80. The molecule has 6 heteroatoms. The molecule has 0 bridgehead atoms. The molecule has 0 amide bonds. The van der Waals surface area contributed by atoms with Gasteiger partial charge in [0.15, 0.2) is 5.96 Å². The zero-order valence-corrected chi connectivity index (χ0v) is 18.9. The fourth-order valence-corrected chi connectivity index (χ4v) is 3.67. The van der Waals surface area contributed by atoms with Gasteiger partial charge in [-0.2, -0.15) is 11.8 Å². The Balaban J connectivity index is 0.00000312. The Morgan fingerprint density at radius 2 is 1.92 bits per heavy atom. The number of benzene rings is 1. The average molecular weight is 477 g/mol. The number of guanidine groups is 1. The van der Waals surface area contributed by atoms with E-state index in [1.54, 1.807) is 0 Å². The van der Waals surface area contributed by atoms with Gasteiger partial charge in [0.05, 0.1) is 12.7 Å². The highest BCUT2D eigenvalue weighted by Gasteiger charge is 2.24. The van der Waals surface area contributed by atoms with E-state index in [9.17, 15) is 0 Å². The summed E-state index contributed by atoms with van der Waals surface area (Å²) in [7, 11) is 1.84. The lowest BCUT2D eigenvalue weighted by atomic mass is 10.1. The quantitative estimate of drug-likeness (QED) is 0.352. The summed E-state index contributed by atoms with van der Waals surface area (Å²) in [4.78, 5) is 4.35. The van der Waals surface area contributed by atoms with E-state index in [0.717, 1.165) is 17.8 Å². The highest BCUT2D eigenvalue weighted by Crippen LogP contribution is 2.27. The maximum absolute atomic E-state index is 5.63. The standard InChI is InChI=1S/C19H31N3OS.HI/c1-14(2)23-13-16-7-5-15(6-8-16)12-21-19(20-3)22-17-9-10-18(11-17)24-4;/h5-8,14,17-18H,9-13H2,1-4H3,(H2,20,21,22);1H. The molecule has 0 saturated heterocycles. The van der Waals surface area contributed by atoms with E-state index < -0.39 is 0 Å². The molecule has 0 heterocycles. The van der Waals surface area contributed by atoms with Crippen LogP contribution in [0.4, 0.5) is 0 Å². The van der Waals surface area contributed by atoms with Gasteiger partial charge in [-0.1, -0.05) is 24.3 Å². The Bertz CT molecular complexity index is 522. The van der Waals surface area contributed by atoms with Crippen molar-refractivity contribution < 1.29 is 4.74 Å². The molecule has 2 rings (SSSR count). The molecule has 1 aliphatic carbocycles. The lowest BCUT2D eigenvalue weighted by Gasteiger charge is -2.17. The molecule has 1 fully saturated rings. The normalized spacial score (nSPS) is 20.4. The van der Waals surface area contributed by atoms with Crippen molar-refractivity contribution in [3.05, 3.63) is 35.4 Å². The Morgan fingerprint density at radius 1 is 1.24 bits per heavy atom. The molecule has 1 aromatic carbocycles. The summed E-state index contributed by atoms with van der Waals surface area (Å²) in [6.07, 6.45) is 6.23. The SMILES string of the molecule is CN=C(NCc1ccc(COC(C)C)cc1)NC1CCC(SC)C1.I. The third-order valence-corrected chi connectivity index (χ3v) is 5.44. The number of rotatable bonds is 7. The average Bonchev–Trinajstić information content (AvgIpc) is 3.05. The van der Waals surface area contributed by atoms with Gasteiger partial charge in [-0.05, 0) is 50.5 Å². The molecule has 142 valence electrons. The molecule has 0 radical (unpaired) electrons. The summed E-state index contributed by atoms with van der Waals surface area (Å²) in [5.41, 5.74) is 2.46. The Hall–Kier alpha value is -0.470. The fourth-order valence-electron chi connectivity index (χ4n) is 2.88. The number of ether oxygens (including phenoxy) is 1. The molecular formula is C19H32IN3OS. The van der Waals surface area contributed by atoms with Crippen LogP contribution in [-0.4, -0.2) is 36.7 Å². The van der Waals surface area contributed by atoms with Crippen molar-refractivity contribution in [2.24, 2.45) is 4.99 Å².